The van der Waals surface area contributed by atoms with E-state index in [1.807, 2.05) is 0 Å². The molecule has 0 aliphatic heterocycles. The first-order valence-electron chi connectivity index (χ1n) is 3.31. The zero-order valence-electron chi connectivity index (χ0n) is 6.37. The van der Waals surface area contributed by atoms with E-state index in [0.717, 1.165) is 6.07 Å². The minimum atomic E-state index is -1.42. The molecule has 13 heavy (non-hydrogen) atoms. The monoisotopic (exact) mass is 248 g/mol. The minimum absolute atomic E-state index is 0.268. The third-order valence-electron chi connectivity index (χ3n) is 1.40. The molecule has 1 aromatic heterocycles. The third kappa shape index (κ3) is 2.22. The number of hydrogen-bond acceptors (Lipinski definition) is 3. The number of nitrogens with two attached hydrogens (primary N) is 1. The topological polar surface area (TPSA) is 76.2 Å². The van der Waals surface area contributed by atoms with Crippen LogP contribution in [0.4, 0.5) is 4.39 Å². The van der Waals surface area contributed by atoms with Crippen molar-refractivity contribution in [3.8, 4) is 0 Å². The van der Waals surface area contributed by atoms with Gasteiger partial charge >= 0.3 is 5.97 Å². The van der Waals surface area contributed by atoms with Crippen LogP contribution in [0.2, 0.25) is 0 Å². The molecule has 1 unspecified atom stereocenters. The molecule has 0 bridgehead atoms. The molecule has 0 saturated carbocycles. The highest BCUT2D eigenvalue weighted by Crippen LogP contribution is 2.16. The standard InChI is InChI=1S/C7H6BrFN2O2/c8-3-1-4(9)6(11-2-3)5(10)7(12)13/h1-2,5H,10H2,(H,12,13). The van der Waals surface area contributed by atoms with Crippen LogP contribution in [0.1, 0.15) is 11.7 Å². The third-order valence-corrected chi connectivity index (χ3v) is 1.83. The Balaban J connectivity index is 3.08. The summed E-state index contributed by atoms with van der Waals surface area (Å²) >= 11 is 2.99. The first kappa shape index (κ1) is 10.1. The Morgan fingerprint density at radius 2 is 2.38 bits per heavy atom. The quantitative estimate of drug-likeness (QED) is 0.821. The fourth-order valence-electron chi connectivity index (χ4n) is 0.771. The number of hydrogen-bond donors (Lipinski definition) is 2. The van der Waals surface area contributed by atoms with Crippen LogP contribution < -0.4 is 5.73 Å². The maximum Gasteiger partial charge on any atom is 0.326 e. The molecule has 0 aliphatic rings. The van der Waals surface area contributed by atoms with E-state index in [4.69, 9.17) is 10.8 Å². The minimum Gasteiger partial charge on any atom is -0.480 e. The molecule has 3 N–H and O–H groups in total. The van der Waals surface area contributed by atoms with Crippen molar-refractivity contribution in [1.82, 2.24) is 4.98 Å². The molecular formula is C7H6BrFN2O2. The summed E-state index contributed by atoms with van der Waals surface area (Å²) in [4.78, 5) is 14.0. The Morgan fingerprint density at radius 3 is 2.85 bits per heavy atom. The second kappa shape index (κ2) is 3.80. The highest BCUT2D eigenvalue weighted by molar-refractivity contribution is 9.10. The lowest BCUT2D eigenvalue weighted by Gasteiger charge is -2.06. The number of carboxylic acid groups (broad SMARTS) is 1. The van der Waals surface area contributed by atoms with Gasteiger partial charge in [0.25, 0.3) is 0 Å². The molecular weight excluding hydrogens is 243 g/mol. The molecule has 1 heterocycles. The normalized spacial score (nSPS) is 12.5. The van der Waals surface area contributed by atoms with Crippen LogP contribution in [0.3, 0.4) is 0 Å². The predicted octanol–water partition coefficient (Wildman–Crippen LogP) is 1.07. The van der Waals surface area contributed by atoms with Crippen molar-refractivity contribution in [2.24, 2.45) is 5.73 Å². The van der Waals surface area contributed by atoms with Gasteiger partial charge in [0, 0.05) is 10.7 Å². The molecule has 1 aromatic rings. The lowest BCUT2D eigenvalue weighted by molar-refractivity contribution is -0.138. The maximum atomic E-state index is 13.0. The van der Waals surface area contributed by atoms with Crippen LogP contribution in [-0.4, -0.2) is 16.1 Å². The molecule has 0 fully saturated rings. The summed E-state index contributed by atoms with van der Waals surface area (Å²) < 4.78 is 13.5. The van der Waals surface area contributed by atoms with Gasteiger partial charge in [0.1, 0.15) is 17.6 Å². The van der Waals surface area contributed by atoms with E-state index < -0.39 is 17.8 Å². The molecule has 4 nitrogen and oxygen atoms in total. The van der Waals surface area contributed by atoms with Gasteiger partial charge in [-0.3, -0.25) is 9.78 Å². The molecule has 6 heteroatoms. The molecule has 0 aromatic carbocycles. The lowest BCUT2D eigenvalue weighted by atomic mass is 10.2. The zero-order chi connectivity index (χ0) is 10.0. The largest absolute Gasteiger partial charge is 0.480 e. The Bertz CT molecular complexity index is 345. The second-order valence-corrected chi connectivity index (χ2v) is 3.25. The fourth-order valence-corrected chi connectivity index (χ4v) is 1.07. The number of halogens is 2. The highest BCUT2D eigenvalue weighted by atomic mass is 79.9. The van der Waals surface area contributed by atoms with Crippen molar-refractivity contribution in [1.29, 1.82) is 0 Å². The maximum absolute atomic E-state index is 13.0. The van der Waals surface area contributed by atoms with Crippen molar-refractivity contribution >= 4 is 21.9 Å². The van der Waals surface area contributed by atoms with Crippen LogP contribution in [0, 0.1) is 5.82 Å². The van der Waals surface area contributed by atoms with Crippen molar-refractivity contribution in [3.05, 3.63) is 28.2 Å². The first-order chi connectivity index (χ1) is 6.02. The molecule has 0 amide bonds. The summed E-state index contributed by atoms with van der Waals surface area (Å²) in [6.07, 6.45) is 1.29. The summed E-state index contributed by atoms with van der Waals surface area (Å²) in [6.45, 7) is 0. The van der Waals surface area contributed by atoms with E-state index in [0.29, 0.717) is 4.47 Å². The Labute approximate surface area is 81.7 Å². The summed E-state index contributed by atoms with van der Waals surface area (Å²) in [7, 11) is 0. The van der Waals surface area contributed by atoms with Crippen molar-refractivity contribution < 1.29 is 14.3 Å². The Kier molecular flexibility index (Phi) is 2.94. The van der Waals surface area contributed by atoms with E-state index >= 15 is 0 Å². The number of nitrogens with zero attached hydrogens (tertiary/aromatic N) is 1. The highest BCUT2D eigenvalue weighted by Gasteiger charge is 2.19. The van der Waals surface area contributed by atoms with Gasteiger partial charge in [-0.15, -0.1) is 0 Å². The number of rotatable bonds is 2. The average molecular weight is 249 g/mol. The molecule has 1 atom stereocenters. The van der Waals surface area contributed by atoms with E-state index in [9.17, 15) is 9.18 Å². The number of carbonyl (C=O) groups is 1. The first-order valence-corrected chi connectivity index (χ1v) is 4.11. The second-order valence-electron chi connectivity index (χ2n) is 2.34. The number of aromatic nitrogens is 1. The van der Waals surface area contributed by atoms with Crippen LogP contribution in [0.5, 0.6) is 0 Å². The van der Waals surface area contributed by atoms with Crippen LogP contribution in [0.15, 0.2) is 16.7 Å². The number of pyridine rings is 1. The van der Waals surface area contributed by atoms with Crippen LogP contribution in [0.25, 0.3) is 0 Å². The van der Waals surface area contributed by atoms with Gasteiger partial charge in [-0.2, -0.15) is 0 Å². The summed E-state index contributed by atoms with van der Waals surface area (Å²) in [5.41, 5.74) is 4.90. The van der Waals surface area contributed by atoms with Crippen molar-refractivity contribution in [2.45, 2.75) is 6.04 Å². The van der Waals surface area contributed by atoms with Crippen LogP contribution >= 0.6 is 15.9 Å². The molecule has 0 radical (unpaired) electrons. The van der Waals surface area contributed by atoms with Crippen molar-refractivity contribution in [3.63, 3.8) is 0 Å². The molecule has 0 spiro atoms. The van der Waals surface area contributed by atoms with E-state index in [1.165, 1.54) is 6.20 Å². The van der Waals surface area contributed by atoms with Gasteiger partial charge < -0.3 is 10.8 Å². The smallest absolute Gasteiger partial charge is 0.326 e. The van der Waals surface area contributed by atoms with E-state index in [1.54, 1.807) is 0 Å². The summed E-state index contributed by atoms with van der Waals surface area (Å²) in [6, 6.07) is -0.307. The SMILES string of the molecule is NC(C(=O)O)c1ncc(Br)cc1F. The van der Waals surface area contributed by atoms with Gasteiger partial charge in [0.2, 0.25) is 0 Å². The van der Waals surface area contributed by atoms with E-state index in [2.05, 4.69) is 20.9 Å². The molecule has 0 aliphatic carbocycles. The van der Waals surface area contributed by atoms with Gasteiger partial charge in [-0.25, -0.2) is 4.39 Å². The molecule has 1 rings (SSSR count). The number of carboxylic acids is 1. The lowest BCUT2D eigenvalue weighted by Crippen LogP contribution is -2.23. The van der Waals surface area contributed by atoms with Gasteiger partial charge in [-0.05, 0) is 22.0 Å². The van der Waals surface area contributed by atoms with Crippen LogP contribution in [-0.2, 0) is 4.79 Å². The number of aliphatic carboxylic acids is 1. The zero-order valence-corrected chi connectivity index (χ0v) is 7.95. The van der Waals surface area contributed by atoms with E-state index in [-0.39, 0.29) is 5.69 Å². The van der Waals surface area contributed by atoms with Crippen molar-refractivity contribution in [2.75, 3.05) is 0 Å². The predicted molar refractivity (Wildman–Crippen MR) is 46.5 cm³/mol. The van der Waals surface area contributed by atoms with Gasteiger partial charge in [-0.1, -0.05) is 0 Å². The Morgan fingerprint density at radius 1 is 1.77 bits per heavy atom. The molecule has 0 saturated heterocycles. The van der Waals surface area contributed by atoms with Gasteiger partial charge in [0.05, 0.1) is 0 Å². The molecule has 70 valence electrons. The Hall–Kier alpha value is -1.01. The summed E-state index contributed by atoms with van der Waals surface area (Å²) in [5, 5.41) is 8.49. The van der Waals surface area contributed by atoms with Gasteiger partial charge in [0.15, 0.2) is 0 Å². The average Bonchev–Trinajstić information content (AvgIpc) is 2.03. The summed E-state index contributed by atoms with van der Waals surface area (Å²) in [5.74, 6) is -2.04. The fraction of sp³-hybridized carbons (Fsp3) is 0.143.